The highest BCUT2D eigenvalue weighted by molar-refractivity contribution is 6.31. The first-order chi connectivity index (χ1) is 17.8. The van der Waals surface area contributed by atoms with E-state index in [0.717, 1.165) is 11.3 Å². The van der Waals surface area contributed by atoms with Gasteiger partial charge in [-0.1, -0.05) is 17.3 Å². The smallest absolute Gasteiger partial charge is 0.202 e. The number of fused-ring (bicyclic) bond motifs is 6. The lowest BCUT2D eigenvalue weighted by Gasteiger charge is -2.44. The van der Waals surface area contributed by atoms with Crippen molar-refractivity contribution < 1.29 is 29.4 Å². The Morgan fingerprint density at radius 2 is 1.78 bits per heavy atom. The van der Waals surface area contributed by atoms with Gasteiger partial charge in [0.05, 0.1) is 35.1 Å². The second-order valence-electron chi connectivity index (χ2n) is 9.75. The van der Waals surface area contributed by atoms with Gasteiger partial charge in [-0.2, -0.15) is 0 Å². The molecule has 2 unspecified atom stereocenters. The van der Waals surface area contributed by atoms with Crippen molar-refractivity contribution in [2.24, 2.45) is 5.16 Å². The average molecular weight is 500 g/mol. The van der Waals surface area contributed by atoms with E-state index in [9.17, 15) is 19.8 Å². The van der Waals surface area contributed by atoms with E-state index >= 15 is 0 Å². The molecule has 2 aliphatic heterocycles. The summed E-state index contributed by atoms with van der Waals surface area (Å²) in [5, 5.41) is 27.5. The third-order valence-corrected chi connectivity index (χ3v) is 7.94. The molecule has 2 N–H and O–H groups in total. The summed E-state index contributed by atoms with van der Waals surface area (Å²) in [5.74, 6) is -1.41. The minimum Gasteiger partial charge on any atom is -0.507 e. The number of hydrogen-bond acceptors (Lipinski definition) is 9. The molecule has 0 radical (unpaired) electrons. The Balaban J connectivity index is 1.58. The third kappa shape index (κ3) is 3.07. The molecule has 3 aromatic rings. The molecule has 3 heterocycles. The Bertz CT molecular complexity index is 1520. The zero-order chi connectivity index (χ0) is 26.1. The number of nitrogens with zero attached hydrogens (tertiary/aromatic N) is 3. The van der Waals surface area contributed by atoms with Gasteiger partial charge in [-0.3, -0.25) is 19.5 Å². The van der Waals surface area contributed by atoms with Gasteiger partial charge in [0.1, 0.15) is 24.4 Å². The Hall–Kier alpha value is -4.24. The Morgan fingerprint density at radius 3 is 2.49 bits per heavy atom. The van der Waals surface area contributed by atoms with Gasteiger partial charge in [0.2, 0.25) is 5.78 Å². The molecular weight excluding hydrogens is 474 g/mol. The molecule has 9 nitrogen and oxygen atoms in total. The van der Waals surface area contributed by atoms with E-state index in [1.807, 2.05) is 19.1 Å². The number of aromatic hydroxyl groups is 2. The molecular formula is C28H25N3O6. The van der Waals surface area contributed by atoms with Crippen LogP contribution in [-0.4, -0.2) is 57.1 Å². The zero-order valence-electron chi connectivity index (χ0n) is 20.6. The quantitative estimate of drug-likeness (QED) is 0.323. The number of benzene rings is 2. The highest BCUT2D eigenvalue weighted by atomic mass is 16.6. The maximum absolute atomic E-state index is 13.7. The van der Waals surface area contributed by atoms with Crippen LogP contribution in [-0.2, 0) is 17.8 Å². The number of carbonyl (C=O) groups excluding carboxylic acids is 2. The standard InChI is InChI=1S/C28H25N3O6/c1-28-12-16-20(17(11-19(28)30-37-3)31(28)13-14-7-9-29-10-8-14)26(34)23-22(25(16)33)24(32)15-5-4-6-18(36-2)21(15)27(23)35/h4-10,17,33-34H,11-13H2,1-3H3/b30-19+. The highest BCUT2D eigenvalue weighted by Gasteiger charge is 2.56. The number of pyridine rings is 1. The number of methoxy groups -OCH3 is 1. The van der Waals surface area contributed by atoms with Crippen LogP contribution < -0.4 is 4.74 Å². The molecule has 0 spiro atoms. The zero-order valence-corrected chi connectivity index (χ0v) is 20.6. The lowest BCUT2D eigenvalue weighted by atomic mass is 9.76. The average Bonchev–Trinajstić information content (AvgIpc) is 3.06. The molecule has 1 aliphatic carbocycles. The predicted octanol–water partition coefficient (Wildman–Crippen LogP) is 3.54. The van der Waals surface area contributed by atoms with Gasteiger partial charge in [-0.05, 0) is 30.7 Å². The van der Waals surface area contributed by atoms with Crippen LogP contribution in [0.3, 0.4) is 0 Å². The summed E-state index contributed by atoms with van der Waals surface area (Å²) < 4.78 is 5.36. The molecule has 1 fully saturated rings. The molecule has 2 atom stereocenters. The van der Waals surface area contributed by atoms with Crippen LogP contribution in [0.4, 0.5) is 0 Å². The fraction of sp³-hybridized carbons (Fsp3) is 0.286. The molecule has 0 amide bonds. The first kappa shape index (κ1) is 23.2. The number of phenolic OH excluding ortho intramolecular Hbond substituents is 2. The molecule has 188 valence electrons. The summed E-state index contributed by atoms with van der Waals surface area (Å²) in [6.45, 7) is 2.53. The molecule has 1 saturated heterocycles. The van der Waals surface area contributed by atoms with Crippen molar-refractivity contribution in [3.8, 4) is 17.2 Å². The predicted molar refractivity (Wildman–Crippen MR) is 133 cm³/mol. The summed E-state index contributed by atoms with van der Waals surface area (Å²) in [5.41, 5.74) is 1.85. The maximum atomic E-state index is 13.7. The Morgan fingerprint density at radius 1 is 1.05 bits per heavy atom. The first-order valence-corrected chi connectivity index (χ1v) is 11.9. The van der Waals surface area contributed by atoms with Crippen molar-refractivity contribution in [3.05, 3.63) is 81.7 Å². The minimum atomic E-state index is -0.655. The van der Waals surface area contributed by atoms with Gasteiger partial charge in [-0.25, -0.2) is 0 Å². The van der Waals surface area contributed by atoms with Gasteiger partial charge in [0.25, 0.3) is 0 Å². The number of ether oxygens (including phenoxy) is 1. The van der Waals surface area contributed by atoms with Crippen LogP contribution in [0.5, 0.6) is 17.2 Å². The Kier molecular flexibility index (Phi) is 5.10. The second kappa shape index (κ2) is 8.14. The molecule has 1 aromatic heterocycles. The monoisotopic (exact) mass is 499 g/mol. The van der Waals surface area contributed by atoms with Crippen molar-refractivity contribution in [1.82, 2.24) is 9.88 Å². The minimum absolute atomic E-state index is 0.0829. The van der Waals surface area contributed by atoms with Crippen molar-refractivity contribution in [1.29, 1.82) is 0 Å². The van der Waals surface area contributed by atoms with Crippen molar-refractivity contribution in [2.45, 2.75) is 37.9 Å². The van der Waals surface area contributed by atoms with Crippen LogP contribution in [0.15, 0.2) is 47.9 Å². The van der Waals surface area contributed by atoms with Crippen molar-refractivity contribution in [3.63, 3.8) is 0 Å². The number of hydrogen-bond donors (Lipinski definition) is 2. The normalized spacial score (nSPS) is 23.0. The molecule has 9 heteroatoms. The molecule has 37 heavy (non-hydrogen) atoms. The number of rotatable bonds is 4. The fourth-order valence-electron chi connectivity index (χ4n) is 6.20. The lowest BCUT2D eigenvalue weighted by Crippen LogP contribution is -2.50. The fourth-order valence-corrected chi connectivity index (χ4v) is 6.20. The van der Waals surface area contributed by atoms with E-state index in [2.05, 4.69) is 15.0 Å². The molecule has 2 bridgehead atoms. The van der Waals surface area contributed by atoms with Crippen LogP contribution in [0.2, 0.25) is 0 Å². The molecule has 6 rings (SSSR count). The van der Waals surface area contributed by atoms with Crippen LogP contribution in [0, 0.1) is 0 Å². The molecule has 2 aromatic carbocycles. The molecule has 0 saturated carbocycles. The number of carbonyl (C=O) groups is 2. The van der Waals surface area contributed by atoms with Crippen LogP contribution >= 0.6 is 0 Å². The molecule has 3 aliphatic rings. The van der Waals surface area contributed by atoms with E-state index in [-0.39, 0.29) is 45.9 Å². The van der Waals surface area contributed by atoms with Gasteiger partial charge < -0.3 is 19.8 Å². The first-order valence-electron chi connectivity index (χ1n) is 11.9. The van der Waals surface area contributed by atoms with E-state index in [0.29, 0.717) is 24.1 Å². The van der Waals surface area contributed by atoms with Crippen LogP contribution in [0.25, 0.3) is 0 Å². The number of phenols is 2. The number of oxime groups is 1. The summed E-state index contributed by atoms with van der Waals surface area (Å²) in [6.07, 6.45) is 4.13. The van der Waals surface area contributed by atoms with Crippen LogP contribution in [0.1, 0.15) is 67.9 Å². The van der Waals surface area contributed by atoms with Gasteiger partial charge in [-0.15, -0.1) is 0 Å². The van der Waals surface area contributed by atoms with E-state index < -0.39 is 23.1 Å². The largest absolute Gasteiger partial charge is 0.507 e. The topological polar surface area (TPSA) is 122 Å². The number of aromatic nitrogens is 1. The van der Waals surface area contributed by atoms with Crippen molar-refractivity contribution in [2.75, 3.05) is 14.2 Å². The second-order valence-corrected chi connectivity index (χ2v) is 9.75. The summed E-state index contributed by atoms with van der Waals surface area (Å²) in [7, 11) is 2.90. The van der Waals surface area contributed by atoms with Gasteiger partial charge >= 0.3 is 0 Å². The van der Waals surface area contributed by atoms with E-state index in [1.54, 1.807) is 24.5 Å². The van der Waals surface area contributed by atoms with Gasteiger partial charge in [0, 0.05) is 54.5 Å². The maximum Gasteiger partial charge on any atom is 0.202 e. The van der Waals surface area contributed by atoms with E-state index in [4.69, 9.17) is 9.57 Å². The lowest BCUT2D eigenvalue weighted by molar-refractivity contribution is 0.0960. The third-order valence-electron chi connectivity index (χ3n) is 7.94. The summed E-state index contributed by atoms with van der Waals surface area (Å²) >= 11 is 0. The summed E-state index contributed by atoms with van der Waals surface area (Å²) in [4.78, 5) is 38.8. The number of ketones is 2. The van der Waals surface area contributed by atoms with Crippen molar-refractivity contribution >= 4 is 17.3 Å². The van der Waals surface area contributed by atoms with E-state index in [1.165, 1.54) is 20.3 Å². The van der Waals surface area contributed by atoms with Gasteiger partial charge in [0.15, 0.2) is 5.78 Å². The highest BCUT2D eigenvalue weighted by Crippen LogP contribution is 2.56. The Labute approximate surface area is 213 Å². The summed E-state index contributed by atoms with van der Waals surface area (Å²) in [6, 6.07) is 8.17. The SMILES string of the molecule is CO/N=C1\CC2c3c(O)c4c(c(O)c3CC1(C)N2Cc1ccncc1)C(=O)c1cccc(OC)c1C4=O.